The summed E-state index contributed by atoms with van der Waals surface area (Å²) in [7, 11) is 0. The predicted molar refractivity (Wildman–Crippen MR) is 63.2 cm³/mol. The van der Waals surface area contributed by atoms with Gasteiger partial charge in [-0.1, -0.05) is 17.7 Å². The van der Waals surface area contributed by atoms with Gasteiger partial charge in [-0.25, -0.2) is 4.79 Å². The fourth-order valence-corrected chi connectivity index (χ4v) is 1.90. The van der Waals surface area contributed by atoms with Gasteiger partial charge in [-0.05, 0) is 31.5 Å². The highest BCUT2D eigenvalue weighted by Crippen LogP contribution is 2.25. The van der Waals surface area contributed by atoms with Gasteiger partial charge in [-0.2, -0.15) is 0 Å². The van der Waals surface area contributed by atoms with E-state index in [2.05, 4.69) is 4.98 Å². The van der Waals surface area contributed by atoms with Crippen LogP contribution >= 0.6 is 11.6 Å². The first-order valence-electron chi connectivity index (χ1n) is 4.80. The van der Waals surface area contributed by atoms with Crippen LogP contribution < -0.4 is 0 Å². The third-order valence-corrected chi connectivity index (χ3v) is 2.88. The maximum atomic E-state index is 11.2. The van der Waals surface area contributed by atoms with Crippen LogP contribution in [0.25, 0.3) is 10.9 Å². The molecule has 4 heteroatoms. The Morgan fingerprint density at radius 1 is 1.38 bits per heavy atom. The number of hydrogen-bond acceptors (Lipinski definition) is 2. The molecule has 0 aliphatic heterocycles. The molecule has 0 aliphatic rings. The number of aromatic nitrogens is 1. The highest BCUT2D eigenvalue weighted by Gasteiger charge is 2.15. The van der Waals surface area contributed by atoms with Gasteiger partial charge in [0.2, 0.25) is 0 Å². The molecule has 1 aromatic heterocycles. The van der Waals surface area contributed by atoms with Crippen molar-refractivity contribution in [3.05, 3.63) is 40.0 Å². The second-order valence-corrected chi connectivity index (χ2v) is 4.10. The molecule has 0 unspecified atom stereocenters. The lowest BCUT2D eigenvalue weighted by molar-refractivity contribution is 0.0698. The Labute approximate surface area is 97.7 Å². The standard InChI is InChI=1S/C12H10ClNO2/c1-6-7(2)14-10-5-8(13)3-4-9(10)11(6)12(15)16/h3-5H,1-2H3,(H,15,16). The number of rotatable bonds is 1. The van der Waals surface area contributed by atoms with Gasteiger partial charge in [0, 0.05) is 16.1 Å². The predicted octanol–water partition coefficient (Wildman–Crippen LogP) is 3.20. The molecule has 0 amide bonds. The number of pyridine rings is 1. The lowest BCUT2D eigenvalue weighted by Crippen LogP contribution is -2.04. The third-order valence-electron chi connectivity index (χ3n) is 2.65. The summed E-state index contributed by atoms with van der Waals surface area (Å²) in [5.74, 6) is -0.935. The maximum Gasteiger partial charge on any atom is 0.336 e. The molecule has 16 heavy (non-hydrogen) atoms. The average molecular weight is 236 g/mol. The number of aryl methyl sites for hydroxylation is 1. The van der Waals surface area contributed by atoms with Crippen molar-refractivity contribution in [1.82, 2.24) is 4.98 Å². The van der Waals surface area contributed by atoms with Crippen LogP contribution in [0, 0.1) is 13.8 Å². The Morgan fingerprint density at radius 3 is 2.69 bits per heavy atom. The fraction of sp³-hybridized carbons (Fsp3) is 0.167. The van der Waals surface area contributed by atoms with E-state index in [0.717, 1.165) is 0 Å². The molecular formula is C12H10ClNO2. The third kappa shape index (κ3) is 1.63. The van der Waals surface area contributed by atoms with Crippen LogP contribution in [0.2, 0.25) is 5.02 Å². The van der Waals surface area contributed by atoms with Crippen molar-refractivity contribution >= 4 is 28.5 Å². The number of benzene rings is 1. The topological polar surface area (TPSA) is 50.2 Å². The highest BCUT2D eigenvalue weighted by atomic mass is 35.5. The average Bonchev–Trinajstić information content (AvgIpc) is 2.19. The van der Waals surface area contributed by atoms with E-state index < -0.39 is 5.97 Å². The van der Waals surface area contributed by atoms with E-state index >= 15 is 0 Å². The molecule has 3 nitrogen and oxygen atoms in total. The number of halogens is 1. The summed E-state index contributed by atoms with van der Waals surface area (Å²) < 4.78 is 0. The number of hydrogen-bond donors (Lipinski definition) is 1. The van der Waals surface area contributed by atoms with Crippen LogP contribution in [-0.2, 0) is 0 Å². The number of nitrogens with zero attached hydrogens (tertiary/aromatic N) is 1. The molecule has 0 aliphatic carbocycles. The van der Waals surface area contributed by atoms with E-state index in [4.69, 9.17) is 11.6 Å². The highest BCUT2D eigenvalue weighted by molar-refractivity contribution is 6.31. The van der Waals surface area contributed by atoms with E-state index in [1.54, 1.807) is 32.0 Å². The van der Waals surface area contributed by atoms with Crippen molar-refractivity contribution in [2.75, 3.05) is 0 Å². The molecule has 0 radical (unpaired) electrons. The van der Waals surface area contributed by atoms with Crippen molar-refractivity contribution in [3.8, 4) is 0 Å². The maximum absolute atomic E-state index is 11.2. The molecule has 0 saturated carbocycles. The Bertz CT molecular complexity index is 593. The summed E-state index contributed by atoms with van der Waals surface area (Å²) in [5, 5.41) is 10.4. The largest absolute Gasteiger partial charge is 0.478 e. The van der Waals surface area contributed by atoms with Gasteiger partial charge in [-0.3, -0.25) is 4.98 Å². The second kappa shape index (κ2) is 3.76. The van der Waals surface area contributed by atoms with Crippen LogP contribution in [0.15, 0.2) is 18.2 Å². The number of carboxylic acids is 1. The first-order chi connectivity index (χ1) is 7.50. The monoisotopic (exact) mass is 235 g/mol. The lowest BCUT2D eigenvalue weighted by Gasteiger charge is -2.08. The van der Waals surface area contributed by atoms with Gasteiger partial charge >= 0.3 is 5.97 Å². The van der Waals surface area contributed by atoms with Crippen molar-refractivity contribution in [1.29, 1.82) is 0 Å². The van der Waals surface area contributed by atoms with E-state index in [9.17, 15) is 9.90 Å². The molecule has 0 spiro atoms. The van der Waals surface area contributed by atoms with E-state index in [1.165, 1.54) is 0 Å². The first-order valence-corrected chi connectivity index (χ1v) is 5.18. The normalized spacial score (nSPS) is 10.7. The van der Waals surface area contributed by atoms with Gasteiger partial charge in [0.15, 0.2) is 0 Å². The summed E-state index contributed by atoms with van der Waals surface area (Å²) in [5.41, 5.74) is 2.33. The number of carboxylic acid groups (broad SMARTS) is 1. The van der Waals surface area contributed by atoms with Gasteiger partial charge < -0.3 is 5.11 Å². The fourth-order valence-electron chi connectivity index (χ4n) is 1.73. The SMILES string of the molecule is Cc1nc2cc(Cl)ccc2c(C(=O)O)c1C. The minimum atomic E-state index is -0.935. The molecule has 2 aromatic rings. The Kier molecular flexibility index (Phi) is 2.56. The van der Waals surface area contributed by atoms with Crippen LogP contribution in [0.4, 0.5) is 0 Å². The zero-order valence-electron chi connectivity index (χ0n) is 8.91. The summed E-state index contributed by atoms with van der Waals surface area (Å²) in [6.45, 7) is 3.56. The van der Waals surface area contributed by atoms with E-state index in [1.807, 2.05) is 0 Å². The molecular weight excluding hydrogens is 226 g/mol. The number of aromatic carboxylic acids is 1. The molecule has 1 aromatic carbocycles. The molecule has 1 heterocycles. The van der Waals surface area contributed by atoms with Crippen LogP contribution in [0.1, 0.15) is 21.6 Å². The summed E-state index contributed by atoms with van der Waals surface area (Å²) >= 11 is 5.86. The van der Waals surface area contributed by atoms with Crippen molar-refractivity contribution in [3.63, 3.8) is 0 Å². The second-order valence-electron chi connectivity index (χ2n) is 3.66. The van der Waals surface area contributed by atoms with Crippen LogP contribution in [-0.4, -0.2) is 16.1 Å². The van der Waals surface area contributed by atoms with Crippen molar-refractivity contribution in [2.45, 2.75) is 13.8 Å². The summed E-state index contributed by atoms with van der Waals surface area (Å²) in [4.78, 5) is 15.5. The summed E-state index contributed by atoms with van der Waals surface area (Å²) in [6, 6.07) is 5.04. The van der Waals surface area contributed by atoms with Crippen molar-refractivity contribution in [2.24, 2.45) is 0 Å². The van der Waals surface area contributed by atoms with E-state index in [-0.39, 0.29) is 0 Å². The molecule has 0 atom stereocenters. The number of carbonyl (C=O) groups is 1. The van der Waals surface area contributed by atoms with Gasteiger partial charge in [0.25, 0.3) is 0 Å². The van der Waals surface area contributed by atoms with E-state index in [0.29, 0.717) is 32.7 Å². The zero-order valence-corrected chi connectivity index (χ0v) is 9.67. The molecule has 2 rings (SSSR count). The molecule has 1 N–H and O–H groups in total. The molecule has 0 saturated heterocycles. The minimum absolute atomic E-state index is 0.305. The molecule has 0 bridgehead atoms. The first kappa shape index (κ1) is 10.9. The molecule has 0 fully saturated rings. The number of fused-ring (bicyclic) bond motifs is 1. The Morgan fingerprint density at radius 2 is 2.06 bits per heavy atom. The molecule has 82 valence electrons. The lowest BCUT2D eigenvalue weighted by atomic mass is 10.0. The smallest absolute Gasteiger partial charge is 0.336 e. The zero-order chi connectivity index (χ0) is 11.9. The minimum Gasteiger partial charge on any atom is -0.478 e. The Hall–Kier alpha value is -1.61. The van der Waals surface area contributed by atoms with Crippen molar-refractivity contribution < 1.29 is 9.90 Å². The van der Waals surface area contributed by atoms with Gasteiger partial charge in [-0.15, -0.1) is 0 Å². The van der Waals surface area contributed by atoms with Crippen LogP contribution in [0.3, 0.4) is 0 Å². The van der Waals surface area contributed by atoms with Crippen LogP contribution in [0.5, 0.6) is 0 Å². The summed E-state index contributed by atoms with van der Waals surface area (Å²) in [6.07, 6.45) is 0. The quantitative estimate of drug-likeness (QED) is 0.826. The van der Waals surface area contributed by atoms with Gasteiger partial charge in [0.1, 0.15) is 0 Å². The Balaban J connectivity index is 2.94. The van der Waals surface area contributed by atoms with Gasteiger partial charge in [0.05, 0.1) is 11.1 Å².